The number of ether oxygens (including phenoxy) is 3. The maximum atomic E-state index is 10.9. The van der Waals surface area contributed by atoms with E-state index in [1.54, 1.807) is 31.2 Å². The van der Waals surface area contributed by atoms with Crippen LogP contribution in [-0.4, -0.2) is 46.8 Å². The van der Waals surface area contributed by atoms with Crippen LogP contribution in [-0.2, 0) is 4.79 Å². The van der Waals surface area contributed by atoms with Crippen molar-refractivity contribution in [3.8, 4) is 17.2 Å². The lowest BCUT2D eigenvalue weighted by Gasteiger charge is -2.23. The highest BCUT2D eigenvalue weighted by molar-refractivity contribution is 6.10. The SMILES string of the molecule is CCC(NC(O)COc1ccc(OCC(C)C(=O)O)cc1)Oc1cccc2[nH]c3ccccc3c12. The molecule has 0 aliphatic carbocycles. The van der Waals surface area contributed by atoms with Gasteiger partial charge in [0.1, 0.15) is 36.7 Å². The minimum atomic E-state index is -0.950. The molecule has 0 aliphatic rings. The van der Waals surface area contributed by atoms with Gasteiger partial charge in [-0.05, 0) is 55.8 Å². The van der Waals surface area contributed by atoms with Gasteiger partial charge in [0, 0.05) is 16.3 Å². The van der Waals surface area contributed by atoms with Crippen molar-refractivity contribution in [1.82, 2.24) is 10.3 Å². The Morgan fingerprint density at radius 1 is 0.943 bits per heavy atom. The van der Waals surface area contributed by atoms with E-state index in [4.69, 9.17) is 19.3 Å². The molecule has 184 valence electrons. The molecule has 0 saturated carbocycles. The molecule has 8 heteroatoms. The number of fused-ring (bicyclic) bond motifs is 3. The van der Waals surface area contributed by atoms with Gasteiger partial charge < -0.3 is 29.4 Å². The molecule has 3 aromatic carbocycles. The number of carboxylic acid groups (broad SMARTS) is 1. The Labute approximate surface area is 203 Å². The summed E-state index contributed by atoms with van der Waals surface area (Å²) in [4.78, 5) is 14.3. The van der Waals surface area contributed by atoms with Crippen molar-refractivity contribution < 1.29 is 29.2 Å². The lowest BCUT2D eigenvalue weighted by molar-refractivity contribution is -0.142. The quantitative estimate of drug-likeness (QED) is 0.221. The predicted octanol–water partition coefficient (Wildman–Crippen LogP) is 4.52. The Kier molecular flexibility index (Phi) is 7.74. The van der Waals surface area contributed by atoms with Crippen LogP contribution in [0.2, 0.25) is 0 Å². The number of aliphatic hydroxyl groups is 1. The summed E-state index contributed by atoms with van der Waals surface area (Å²) in [5.41, 5.74) is 2.04. The van der Waals surface area contributed by atoms with E-state index in [0.29, 0.717) is 17.9 Å². The van der Waals surface area contributed by atoms with E-state index in [-0.39, 0.29) is 13.2 Å². The normalized spacial score (nSPS) is 13.9. The Bertz CT molecular complexity index is 1270. The summed E-state index contributed by atoms with van der Waals surface area (Å²) >= 11 is 0. The molecule has 0 saturated heterocycles. The van der Waals surface area contributed by atoms with Crippen LogP contribution >= 0.6 is 0 Å². The van der Waals surface area contributed by atoms with Crippen molar-refractivity contribution in [2.45, 2.75) is 32.7 Å². The average Bonchev–Trinajstić information content (AvgIpc) is 3.25. The molecule has 4 N–H and O–H groups in total. The molecule has 35 heavy (non-hydrogen) atoms. The number of nitrogens with one attached hydrogen (secondary N) is 2. The largest absolute Gasteiger partial charge is 0.493 e. The van der Waals surface area contributed by atoms with E-state index < -0.39 is 24.3 Å². The number of rotatable bonds is 12. The molecule has 0 fully saturated rings. The molecule has 4 aromatic rings. The Morgan fingerprint density at radius 2 is 1.60 bits per heavy atom. The summed E-state index contributed by atoms with van der Waals surface area (Å²) in [5.74, 6) is 0.347. The predicted molar refractivity (Wildman–Crippen MR) is 134 cm³/mol. The third-order valence-corrected chi connectivity index (χ3v) is 5.66. The summed E-state index contributed by atoms with van der Waals surface area (Å²) in [5, 5.41) is 24.6. The number of para-hydroxylation sites is 1. The van der Waals surface area contributed by atoms with E-state index in [1.165, 1.54) is 0 Å². The Morgan fingerprint density at radius 3 is 2.29 bits per heavy atom. The van der Waals surface area contributed by atoms with Crippen LogP contribution in [0.1, 0.15) is 20.3 Å². The van der Waals surface area contributed by atoms with E-state index in [9.17, 15) is 9.90 Å². The van der Waals surface area contributed by atoms with Crippen LogP contribution in [0.25, 0.3) is 21.8 Å². The van der Waals surface area contributed by atoms with Crippen LogP contribution in [0, 0.1) is 5.92 Å². The van der Waals surface area contributed by atoms with Gasteiger partial charge in [0.05, 0.1) is 11.4 Å². The van der Waals surface area contributed by atoms with Crippen molar-refractivity contribution in [1.29, 1.82) is 0 Å². The molecule has 0 aliphatic heterocycles. The number of aromatic nitrogens is 1. The number of carbonyl (C=O) groups is 1. The van der Waals surface area contributed by atoms with Gasteiger partial charge in [0.2, 0.25) is 0 Å². The molecule has 1 aromatic heterocycles. The Balaban J connectivity index is 1.32. The summed E-state index contributed by atoms with van der Waals surface area (Å²) in [7, 11) is 0. The van der Waals surface area contributed by atoms with Crippen LogP contribution < -0.4 is 19.5 Å². The standard InChI is InChI=1S/C27H30N2O6/c1-3-25(35-23-10-6-9-22-26(23)20-7-4-5-8-21(20)28-22)29-24(30)16-34-19-13-11-18(12-14-19)33-15-17(2)27(31)32/h4-14,17,24-25,28-30H,3,15-16H2,1-2H3,(H,31,32). The lowest BCUT2D eigenvalue weighted by atomic mass is 10.1. The first-order valence-corrected chi connectivity index (χ1v) is 11.6. The van der Waals surface area contributed by atoms with Crippen LogP contribution in [0.5, 0.6) is 17.2 Å². The molecular weight excluding hydrogens is 448 g/mol. The molecule has 1 heterocycles. The number of aromatic amines is 1. The van der Waals surface area contributed by atoms with Crippen LogP contribution in [0.15, 0.2) is 66.7 Å². The van der Waals surface area contributed by atoms with Gasteiger partial charge in [-0.25, -0.2) is 0 Å². The van der Waals surface area contributed by atoms with E-state index in [2.05, 4.69) is 16.4 Å². The van der Waals surface area contributed by atoms with Gasteiger partial charge in [0.25, 0.3) is 0 Å². The molecule has 3 atom stereocenters. The summed E-state index contributed by atoms with van der Waals surface area (Å²) in [6.07, 6.45) is -0.731. The summed E-state index contributed by atoms with van der Waals surface area (Å²) in [6.45, 7) is 3.67. The number of hydrogen-bond acceptors (Lipinski definition) is 6. The lowest BCUT2D eigenvalue weighted by Crippen LogP contribution is -2.44. The first kappa shape index (κ1) is 24.4. The zero-order valence-electron chi connectivity index (χ0n) is 19.7. The molecule has 0 radical (unpaired) electrons. The molecule has 0 spiro atoms. The zero-order valence-corrected chi connectivity index (χ0v) is 19.7. The highest BCUT2D eigenvalue weighted by Gasteiger charge is 2.17. The smallest absolute Gasteiger partial charge is 0.309 e. The number of aliphatic hydroxyl groups excluding tert-OH is 1. The van der Waals surface area contributed by atoms with Crippen molar-refractivity contribution in [2.24, 2.45) is 5.92 Å². The first-order chi connectivity index (χ1) is 16.9. The third kappa shape index (κ3) is 6.03. The second-order valence-electron chi connectivity index (χ2n) is 8.38. The minimum Gasteiger partial charge on any atom is -0.493 e. The van der Waals surface area contributed by atoms with E-state index in [0.717, 1.165) is 27.6 Å². The van der Waals surface area contributed by atoms with E-state index >= 15 is 0 Å². The molecule has 0 amide bonds. The molecule has 3 unspecified atom stereocenters. The Hall–Kier alpha value is -3.75. The second-order valence-corrected chi connectivity index (χ2v) is 8.38. The maximum absolute atomic E-state index is 10.9. The maximum Gasteiger partial charge on any atom is 0.309 e. The average molecular weight is 479 g/mol. The van der Waals surface area contributed by atoms with Gasteiger partial charge in [-0.3, -0.25) is 10.1 Å². The van der Waals surface area contributed by atoms with Gasteiger partial charge >= 0.3 is 5.97 Å². The fraction of sp³-hybridized carbons (Fsp3) is 0.296. The molecule has 4 rings (SSSR count). The van der Waals surface area contributed by atoms with Crippen molar-refractivity contribution in [3.63, 3.8) is 0 Å². The van der Waals surface area contributed by atoms with Crippen molar-refractivity contribution >= 4 is 27.8 Å². The second kappa shape index (κ2) is 11.1. The van der Waals surface area contributed by atoms with Gasteiger partial charge in [-0.1, -0.05) is 31.2 Å². The first-order valence-electron chi connectivity index (χ1n) is 11.6. The fourth-order valence-corrected chi connectivity index (χ4v) is 3.72. The number of benzene rings is 3. The minimum absolute atomic E-state index is 0.0212. The number of aliphatic carboxylic acids is 1. The highest BCUT2D eigenvalue weighted by Crippen LogP contribution is 2.33. The monoisotopic (exact) mass is 478 g/mol. The molecular formula is C27H30N2O6. The van der Waals surface area contributed by atoms with Gasteiger partial charge in [-0.2, -0.15) is 0 Å². The van der Waals surface area contributed by atoms with Crippen molar-refractivity contribution in [2.75, 3.05) is 13.2 Å². The number of carboxylic acids is 1. The van der Waals surface area contributed by atoms with Crippen LogP contribution in [0.3, 0.4) is 0 Å². The van der Waals surface area contributed by atoms with Crippen LogP contribution in [0.4, 0.5) is 0 Å². The third-order valence-electron chi connectivity index (χ3n) is 5.66. The topological polar surface area (TPSA) is 113 Å². The van der Waals surface area contributed by atoms with Gasteiger partial charge in [-0.15, -0.1) is 0 Å². The summed E-state index contributed by atoms with van der Waals surface area (Å²) in [6, 6.07) is 20.8. The zero-order chi connectivity index (χ0) is 24.8. The summed E-state index contributed by atoms with van der Waals surface area (Å²) < 4.78 is 17.4. The van der Waals surface area contributed by atoms with Crippen molar-refractivity contribution in [3.05, 3.63) is 66.7 Å². The highest BCUT2D eigenvalue weighted by atomic mass is 16.5. The number of hydrogen-bond donors (Lipinski definition) is 4. The molecule has 0 bridgehead atoms. The number of H-pyrrole nitrogens is 1. The van der Waals surface area contributed by atoms with E-state index in [1.807, 2.05) is 43.3 Å². The molecule has 8 nitrogen and oxygen atoms in total. The fourth-order valence-electron chi connectivity index (χ4n) is 3.72. The van der Waals surface area contributed by atoms with Gasteiger partial charge in [0.15, 0.2) is 6.23 Å².